The first-order valence-electron chi connectivity index (χ1n) is 8.18. The SMILES string of the molecule is O=C(O)c1ccc(N2CCCn3nc([C@@H](O)C4CC4)cc3C2)nn1. The highest BCUT2D eigenvalue weighted by molar-refractivity contribution is 5.85. The van der Waals surface area contributed by atoms with Crippen LogP contribution in [-0.4, -0.2) is 42.7 Å². The molecule has 1 aliphatic heterocycles. The topological polar surface area (TPSA) is 104 Å². The molecule has 0 amide bonds. The zero-order valence-electron chi connectivity index (χ0n) is 13.2. The minimum absolute atomic E-state index is 0.0616. The van der Waals surface area contributed by atoms with Gasteiger partial charge in [0.2, 0.25) is 0 Å². The predicted octanol–water partition coefficient (Wildman–Crippen LogP) is 1.22. The minimum Gasteiger partial charge on any atom is -0.476 e. The Morgan fingerprint density at radius 3 is 2.75 bits per heavy atom. The molecule has 4 rings (SSSR count). The highest BCUT2D eigenvalue weighted by Gasteiger charge is 2.33. The Morgan fingerprint density at radius 1 is 1.25 bits per heavy atom. The zero-order valence-corrected chi connectivity index (χ0v) is 13.2. The molecular formula is C16H19N5O3. The van der Waals surface area contributed by atoms with Gasteiger partial charge >= 0.3 is 5.97 Å². The number of aryl methyl sites for hydroxylation is 1. The molecule has 24 heavy (non-hydrogen) atoms. The van der Waals surface area contributed by atoms with Crippen molar-refractivity contribution >= 4 is 11.8 Å². The highest BCUT2D eigenvalue weighted by atomic mass is 16.4. The molecule has 3 heterocycles. The van der Waals surface area contributed by atoms with Gasteiger partial charge in [0.05, 0.1) is 17.9 Å². The molecule has 2 aromatic rings. The molecule has 0 spiro atoms. The highest BCUT2D eigenvalue weighted by Crippen LogP contribution is 2.40. The third-order valence-corrected chi connectivity index (χ3v) is 4.60. The second-order valence-corrected chi connectivity index (χ2v) is 6.42. The molecule has 0 saturated heterocycles. The monoisotopic (exact) mass is 329 g/mol. The fraction of sp³-hybridized carbons (Fsp3) is 0.500. The number of carboxylic acids is 1. The molecule has 0 aromatic carbocycles. The standard InChI is InChI=1S/C16H19N5O3/c22-15(10-2-3-10)13-8-11-9-20(6-1-7-21(11)19-13)14-5-4-12(16(23)24)17-18-14/h4-5,8,10,15,22H,1-3,6-7,9H2,(H,23,24)/t15-/m0/s1. The van der Waals surface area contributed by atoms with Crippen molar-refractivity contribution in [2.75, 3.05) is 11.4 Å². The number of hydrogen-bond donors (Lipinski definition) is 2. The van der Waals surface area contributed by atoms with E-state index in [1.54, 1.807) is 6.07 Å². The third kappa shape index (κ3) is 2.84. The summed E-state index contributed by atoms with van der Waals surface area (Å²) < 4.78 is 1.96. The molecular weight excluding hydrogens is 310 g/mol. The number of nitrogens with zero attached hydrogens (tertiary/aromatic N) is 5. The average Bonchev–Trinajstić information content (AvgIpc) is 3.38. The van der Waals surface area contributed by atoms with Crippen molar-refractivity contribution in [1.82, 2.24) is 20.0 Å². The smallest absolute Gasteiger partial charge is 0.356 e. The summed E-state index contributed by atoms with van der Waals surface area (Å²) in [4.78, 5) is 12.9. The second kappa shape index (κ2) is 5.86. The van der Waals surface area contributed by atoms with Crippen LogP contribution in [0.1, 0.15) is 47.2 Å². The second-order valence-electron chi connectivity index (χ2n) is 6.42. The summed E-state index contributed by atoms with van der Waals surface area (Å²) in [7, 11) is 0. The summed E-state index contributed by atoms with van der Waals surface area (Å²) in [5.74, 6) is -0.0738. The normalized spacial score (nSPS) is 18.8. The van der Waals surface area contributed by atoms with Crippen molar-refractivity contribution in [3.05, 3.63) is 35.3 Å². The predicted molar refractivity (Wildman–Crippen MR) is 84.6 cm³/mol. The maximum absolute atomic E-state index is 10.9. The van der Waals surface area contributed by atoms with E-state index in [2.05, 4.69) is 20.2 Å². The van der Waals surface area contributed by atoms with Crippen LogP contribution in [0.2, 0.25) is 0 Å². The maximum Gasteiger partial charge on any atom is 0.356 e. The van der Waals surface area contributed by atoms with Crippen molar-refractivity contribution in [1.29, 1.82) is 0 Å². The Labute approximate surface area is 138 Å². The molecule has 1 atom stereocenters. The van der Waals surface area contributed by atoms with Gasteiger partial charge in [-0.1, -0.05) is 0 Å². The Hall–Kier alpha value is -2.48. The maximum atomic E-state index is 10.9. The van der Waals surface area contributed by atoms with E-state index >= 15 is 0 Å². The summed E-state index contributed by atoms with van der Waals surface area (Å²) in [6, 6.07) is 5.12. The summed E-state index contributed by atoms with van der Waals surface area (Å²) in [5.41, 5.74) is 1.72. The van der Waals surface area contributed by atoms with E-state index in [4.69, 9.17) is 5.11 Å². The van der Waals surface area contributed by atoms with Gasteiger partial charge in [0.15, 0.2) is 11.5 Å². The quantitative estimate of drug-likeness (QED) is 0.869. The number of carbonyl (C=O) groups is 1. The molecule has 126 valence electrons. The number of aliphatic hydroxyl groups is 1. The minimum atomic E-state index is -1.08. The Morgan fingerprint density at radius 2 is 2.08 bits per heavy atom. The Balaban J connectivity index is 1.55. The fourth-order valence-corrected chi connectivity index (χ4v) is 3.09. The number of aromatic carboxylic acids is 1. The van der Waals surface area contributed by atoms with E-state index in [0.717, 1.165) is 43.7 Å². The van der Waals surface area contributed by atoms with Crippen LogP contribution in [0.15, 0.2) is 18.2 Å². The number of anilines is 1. The van der Waals surface area contributed by atoms with Gasteiger partial charge in [0.25, 0.3) is 0 Å². The third-order valence-electron chi connectivity index (χ3n) is 4.60. The van der Waals surface area contributed by atoms with Crippen molar-refractivity contribution < 1.29 is 15.0 Å². The van der Waals surface area contributed by atoms with Crippen LogP contribution in [0.4, 0.5) is 5.82 Å². The molecule has 8 nitrogen and oxygen atoms in total. The Bertz CT molecular complexity index is 754. The number of aliphatic hydroxyl groups excluding tert-OH is 1. The largest absolute Gasteiger partial charge is 0.476 e. The molecule has 0 radical (unpaired) electrons. The average molecular weight is 329 g/mol. The lowest BCUT2D eigenvalue weighted by molar-refractivity contribution is 0.0689. The number of aromatic nitrogens is 4. The first kappa shape index (κ1) is 15.1. The lowest BCUT2D eigenvalue weighted by Gasteiger charge is -2.20. The van der Waals surface area contributed by atoms with Crippen molar-refractivity contribution in [2.45, 2.75) is 38.5 Å². The van der Waals surface area contributed by atoms with Gasteiger partial charge in [0, 0.05) is 13.1 Å². The fourth-order valence-electron chi connectivity index (χ4n) is 3.09. The summed E-state index contributed by atoms with van der Waals surface area (Å²) >= 11 is 0. The molecule has 2 aliphatic rings. The van der Waals surface area contributed by atoms with E-state index in [1.807, 2.05) is 10.7 Å². The van der Waals surface area contributed by atoms with Gasteiger partial charge in [-0.2, -0.15) is 5.10 Å². The van der Waals surface area contributed by atoms with Crippen LogP contribution in [0.5, 0.6) is 0 Å². The molecule has 1 fully saturated rings. The van der Waals surface area contributed by atoms with Gasteiger partial charge in [-0.15, -0.1) is 10.2 Å². The molecule has 0 unspecified atom stereocenters. The van der Waals surface area contributed by atoms with Crippen molar-refractivity contribution in [3.63, 3.8) is 0 Å². The Kier molecular flexibility index (Phi) is 3.68. The van der Waals surface area contributed by atoms with Gasteiger partial charge in [-0.25, -0.2) is 4.79 Å². The lowest BCUT2D eigenvalue weighted by Crippen LogP contribution is -2.24. The van der Waals surface area contributed by atoms with E-state index < -0.39 is 12.1 Å². The van der Waals surface area contributed by atoms with E-state index in [9.17, 15) is 9.90 Å². The van der Waals surface area contributed by atoms with Crippen molar-refractivity contribution in [3.8, 4) is 0 Å². The van der Waals surface area contributed by atoms with E-state index in [0.29, 0.717) is 18.3 Å². The van der Waals surface area contributed by atoms with Crippen LogP contribution < -0.4 is 4.90 Å². The van der Waals surface area contributed by atoms with Crippen LogP contribution in [0.3, 0.4) is 0 Å². The van der Waals surface area contributed by atoms with E-state index in [-0.39, 0.29) is 5.69 Å². The zero-order chi connectivity index (χ0) is 16.7. The van der Waals surface area contributed by atoms with Crippen LogP contribution >= 0.6 is 0 Å². The summed E-state index contributed by atoms with van der Waals surface area (Å²) in [6.45, 7) is 2.21. The lowest BCUT2D eigenvalue weighted by atomic mass is 10.1. The molecule has 2 N–H and O–H groups in total. The molecule has 1 aliphatic carbocycles. The molecule has 0 bridgehead atoms. The molecule has 8 heteroatoms. The number of hydrogen-bond acceptors (Lipinski definition) is 6. The van der Waals surface area contributed by atoms with Gasteiger partial charge in [0.1, 0.15) is 6.10 Å². The number of carboxylic acid groups (broad SMARTS) is 1. The molecule has 1 saturated carbocycles. The first-order chi connectivity index (χ1) is 11.6. The first-order valence-corrected chi connectivity index (χ1v) is 8.18. The summed E-state index contributed by atoms with van der Waals surface area (Å²) in [6.07, 6.45) is 2.57. The van der Waals surface area contributed by atoms with Crippen LogP contribution in [0.25, 0.3) is 0 Å². The van der Waals surface area contributed by atoms with Crippen LogP contribution in [-0.2, 0) is 13.1 Å². The van der Waals surface area contributed by atoms with Gasteiger partial charge in [-0.05, 0) is 43.4 Å². The van der Waals surface area contributed by atoms with E-state index in [1.165, 1.54) is 6.07 Å². The van der Waals surface area contributed by atoms with Crippen molar-refractivity contribution in [2.24, 2.45) is 5.92 Å². The van der Waals surface area contributed by atoms with Crippen LogP contribution in [0, 0.1) is 5.92 Å². The molecule has 2 aromatic heterocycles. The number of fused-ring (bicyclic) bond motifs is 1. The summed E-state index contributed by atoms with van der Waals surface area (Å²) in [5, 5.41) is 31.5. The van der Waals surface area contributed by atoms with Gasteiger partial charge < -0.3 is 15.1 Å². The van der Waals surface area contributed by atoms with Gasteiger partial charge in [-0.3, -0.25) is 4.68 Å². The number of rotatable bonds is 4.